The van der Waals surface area contributed by atoms with Gasteiger partial charge in [0.15, 0.2) is 0 Å². The van der Waals surface area contributed by atoms with Crippen LogP contribution in [-0.2, 0) is 0 Å². The molecule has 1 aliphatic rings. The molecule has 1 rings (SSSR count). The normalized spacial score (nSPS) is 36.8. The van der Waals surface area contributed by atoms with Gasteiger partial charge in [0.25, 0.3) is 0 Å². The van der Waals surface area contributed by atoms with E-state index in [2.05, 4.69) is 13.2 Å². The van der Waals surface area contributed by atoms with Crippen molar-refractivity contribution in [3.05, 3.63) is 0 Å². The molecule has 2 N–H and O–H groups in total. The van der Waals surface area contributed by atoms with Crippen LogP contribution in [0.5, 0.6) is 0 Å². The van der Waals surface area contributed by atoms with Gasteiger partial charge < -0.3 is 5.73 Å². The molecule has 0 atom stereocenters. The lowest BCUT2D eigenvalue weighted by Gasteiger charge is -2.36. The Hall–Kier alpha value is 0.310. The first-order chi connectivity index (χ1) is 5.66. The van der Waals surface area contributed by atoms with Crippen LogP contribution in [0.2, 0.25) is 0 Å². The van der Waals surface area contributed by atoms with Crippen molar-refractivity contribution < 1.29 is 0 Å². The molecule has 0 aromatic rings. The average Bonchev–Trinajstić information content (AvgIpc) is 2.08. The summed E-state index contributed by atoms with van der Waals surface area (Å²) in [5.41, 5.74) is 6.48. The van der Waals surface area contributed by atoms with Crippen molar-refractivity contribution >= 4 is 11.8 Å². The van der Waals surface area contributed by atoms with Crippen molar-refractivity contribution in [3.8, 4) is 0 Å². The molecule has 12 heavy (non-hydrogen) atoms. The predicted molar refractivity (Wildman–Crippen MR) is 57.5 cm³/mol. The fourth-order valence-corrected chi connectivity index (χ4v) is 2.50. The van der Waals surface area contributed by atoms with Crippen molar-refractivity contribution in [2.75, 3.05) is 12.0 Å². The molecule has 0 aliphatic heterocycles. The van der Waals surface area contributed by atoms with Crippen LogP contribution in [0.4, 0.5) is 0 Å². The van der Waals surface area contributed by atoms with Crippen molar-refractivity contribution in [1.82, 2.24) is 0 Å². The Labute approximate surface area is 80.5 Å². The Balaban J connectivity index is 2.29. The van der Waals surface area contributed by atoms with Crippen LogP contribution in [0, 0.1) is 5.92 Å². The Morgan fingerprint density at radius 1 is 1.42 bits per heavy atom. The highest BCUT2D eigenvalue weighted by molar-refractivity contribution is 7.98. The lowest BCUT2D eigenvalue weighted by molar-refractivity contribution is 0.240. The highest BCUT2D eigenvalue weighted by Gasteiger charge is 2.29. The number of hydrogen-bond acceptors (Lipinski definition) is 2. The van der Waals surface area contributed by atoms with E-state index in [4.69, 9.17) is 5.73 Å². The van der Waals surface area contributed by atoms with E-state index in [1.807, 2.05) is 11.8 Å². The second-order valence-electron chi connectivity index (χ2n) is 4.29. The summed E-state index contributed by atoms with van der Waals surface area (Å²) < 4.78 is 0. The van der Waals surface area contributed by atoms with Gasteiger partial charge in [-0.15, -0.1) is 0 Å². The molecule has 1 saturated carbocycles. The highest BCUT2D eigenvalue weighted by atomic mass is 32.2. The zero-order valence-electron chi connectivity index (χ0n) is 8.31. The van der Waals surface area contributed by atoms with Crippen LogP contribution in [0.1, 0.15) is 39.0 Å². The molecule has 1 fully saturated rings. The minimum Gasteiger partial charge on any atom is -0.325 e. The van der Waals surface area contributed by atoms with E-state index >= 15 is 0 Å². The van der Waals surface area contributed by atoms with Gasteiger partial charge >= 0.3 is 0 Å². The largest absolute Gasteiger partial charge is 0.325 e. The molecule has 1 nitrogen and oxygen atoms in total. The lowest BCUT2D eigenvalue weighted by Crippen LogP contribution is -2.43. The van der Waals surface area contributed by atoms with Gasteiger partial charge in [-0.25, -0.2) is 0 Å². The summed E-state index contributed by atoms with van der Waals surface area (Å²) in [4.78, 5) is 0. The molecule has 0 unspecified atom stereocenters. The van der Waals surface area contributed by atoms with Gasteiger partial charge in [-0.2, -0.15) is 11.8 Å². The van der Waals surface area contributed by atoms with Crippen molar-refractivity contribution in [2.45, 2.75) is 44.6 Å². The summed E-state index contributed by atoms with van der Waals surface area (Å²) in [5, 5.41) is 0. The highest BCUT2D eigenvalue weighted by Crippen LogP contribution is 2.32. The van der Waals surface area contributed by atoms with Gasteiger partial charge in [0, 0.05) is 5.54 Å². The molecular formula is C10H21NS. The predicted octanol–water partition coefficient (Wildman–Crippen LogP) is 2.65. The number of nitrogens with two attached hydrogens (primary N) is 1. The van der Waals surface area contributed by atoms with Gasteiger partial charge in [-0.3, -0.25) is 0 Å². The van der Waals surface area contributed by atoms with E-state index in [-0.39, 0.29) is 5.54 Å². The maximum Gasteiger partial charge on any atom is 0.0162 e. The molecule has 2 heteroatoms. The molecule has 0 saturated heterocycles. The monoisotopic (exact) mass is 187 g/mol. The summed E-state index contributed by atoms with van der Waals surface area (Å²) in [6.07, 6.45) is 8.54. The lowest BCUT2D eigenvalue weighted by atomic mass is 9.76. The van der Waals surface area contributed by atoms with Crippen LogP contribution in [-0.4, -0.2) is 17.5 Å². The average molecular weight is 187 g/mol. The summed E-state index contributed by atoms with van der Waals surface area (Å²) in [5.74, 6) is 2.14. The Bertz CT molecular complexity index is 122. The molecule has 0 radical (unpaired) electrons. The molecule has 72 valence electrons. The first-order valence-electron chi connectivity index (χ1n) is 4.94. The Morgan fingerprint density at radius 3 is 2.50 bits per heavy atom. The zero-order chi connectivity index (χ0) is 9.03. The van der Waals surface area contributed by atoms with E-state index < -0.39 is 0 Å². The quantitative estimate of drug-likeness (QED) is 0.735. The second-order valence-corrected chi connectivity index (χ2v) is 5.27. The minimum absolute atomic E-state index is 0.190. The Morgan fingerprint density at radius 2 is 2.00 bits per heavy atom. The topological polar surface area (TPSA) is 26.0 Å². The number of hydrogen-bond donors (Lipinski definition) is 1. The van der Waals surface area contributed by atoms with Crippen LogP contribution in [0.25, 0.3) is 0 Å². The first-order valence-corrected chi connectivity index (χ1v) is 6.33. The van der Waals surface area contributed by atoms with E-state index in [0.717, 1.165) is 5.92 Å². The third-order valence-electron chi connectivity index (χ3n) is 3.07. The van der Waals surface area contributed by atoms with Gasteiger partial charge in [0.2, 0.25) is 0 Å². The van der Waals surface area contributed by atoms with Crippen molar-refractivity contribution in [3.63, 3.8) is 0 Å². The Kier molecular flexibility index (Phi) is 3.91. The van der Waals surface area contributed by atoms with Gasteiger partial charge in [0.05, 0.1) is 0 Å². The first kappa shape index (κ1) is 10.4. The summed E-state index contributed by atoms with van der Waals surface area (Å²) >= 11 is 1.91. The molecule has 0 spiro atoms. The van der Waals surface area contributed by atoms with Crippen LogP contribution >= 0.6 is 11.8 Å². The van der Waals surface area contributed by atoms with Gasteiger partial charge in [-0.05, 0) is 50.0 Å². The third-order valence-corrected chi connectivity index (χ3v) is 3.69. The van der Waals surface area contributed by atoms with E-state index in [0.29, 0.717) is 0 Å². The molecule has 1 aliphatic carbocycles. The van der Waals surface area contributed by atoms with E-state index in [9.17, 15) is 0 Å². The summed E-state index contributed by atoms with van der Waals surface area (Å²) in [6, 6.07) is 0. The van der Waals surface area contributed by atoms with E-state index in [1.165, 1.54) is 37.9 Å². The maximum atomic E-state index is 6.29. The minimum atomic E-state index is 0.190. The molecule has 0 aromatic heterocycles. The smallest absolute Gasteiger partial charge is 0.0162 e. The molecule has 0 amide bonds. The maximum absolute atomic E-state index is 6.29. The zero-order valence-corrected chi connectivity index (χ0v) is 9.12. The number of rotatable bonds is 3. The van der Waals surface area contributed by atoms with Gasteiger partial charge in [-0.1, -0.05) is 6.92 Å². The van der Waals surface area contributed by atoms with Crippen molar-refractivity contribution in [1.29, 1.82) is 0 Å². The summed E-state index contributed by atoms with van der Waals surface area (Å²) in [6.45, 7) is 2.34. The molecular weight excluding hydrogens is 166 g/mol. The third kappa shape index (κ3) is 2.98. The fraction of sp³-hybridized carbons (Fsp3) is 1.00. The second kappa shape index (κ2) is 4.52. The molecule has 0 bridgehead atoms. The van der Waals surface area contributed by atoms with Crippen LogP contribution in [0.15, 0.2) is 0 Å². The molecule has 0 heterocycles. The number of thioether (sulfide) groups is 1. The molecule has 0 aromatic carbocycles. The van der Waals surface area contributed by atoms with Crippen LogP contribution in [0.3, 0.4) is 0 Å². The fourth-order valence-electron chi connectivity index (χ4n) is 1.89. The SMILES string of the molecule is CSCCC1(N)CCC(C)CC1. The van der Waals surface area contributed by atoms with Crippen molar-refractivity contribution in [2.24, 2.45) is 11.7 Å². The standard InChI is InChI=1S/C10H21NS/c1-9-3-5-10(11,6-4-9)7-8-12-2/h9H,3-8,11H2,1-2H3. The summed E-state index contributed by atoms with van der Waals surface area (Å²) in [7, 11) is 0. The van der Waals surface area contributed by atoms with Gasteiger partial charge in [0.1, 0.15) is 0 Å². The van der Waals surface area contributed by atoms with Crippen LogP contribution < -0.4 is 5.73 Å². The van der Waals surface area contributed by atoms with E-state index in [1.54, 1.807) is 0 Å².